The molecular weight excluding hydrogens is 496 g/mol. The van der Waals surface area contributed by atoms with E-state index in [9.17, 15) is 19.5 Å². The van der Waals surface area contributed by atoms with Crippen molar-refractivity contribution in [3.8, 4) is 0 Å². The van der Waals surface area contributed by atoms with Gasteiger partial charge < -0.3 is 14.6 Å². The average molecular weight is 533 g/mol. The van der Waals surface area contributed by atoms with Crippen LogP contribution in [0.25, 0.3) is 0 Å². The standard InChI is InChI=1S/C31H36N2O6/c1-3-4-11-23-16-18-25(19-17-23)20-27(29(34)35)32-33(31(37)39-22-26-14-9-6-10-15-26)28(30(36)38-2)21-24-12-7-5-8-13-24/h5-10,12-19,27-28,32H,3-4,11,20-22H2,1-2H3,(H,34,35)/t27-,28-/m0/s1. The Morgan fingerprint density at radius 3 is 1.95 bits per heavy atom. The Labute approximate surface area is 229 Å². The number of ether oxygens (including phenoxy) is 2. The van der Waals surface area contributed by atoms with E-state index in [0.717, 1.165) is 41.0 Å². The lowest BCUT2D eigenvalue weighted by Crippen LogP contribution is -2.59. The van der Waals surface area contributed by atoms with Crippen LogP contribution in [0, 0.1) is 0 Å². The predicted octanol–water partition coefficient (Wildman–Crippen LogP) is 4.95. The number of carboxylic acids is 1. The van der Waals surface area contributed by atoms with E-state index in [0.29, 0.717) is 0 Å². The van der Waals surface area contributed by atoms with Gasteiger partial charge in [-0.3, -0.25) is 4.79 Å². The molecule has 0 fully saturated rings. The van der Waals surface area contributed by atoms with Crippen LogP contribution in [0.3, 0.4) is 0 Å². The van der Waals surface area contributed by atoms with Crippen LogP contribution in [-0.2, 0) is 44.9 Å². The Balaban J connectivity index is 1.86. The van der Waals surface area contributed by atoms with Crippen LogP contribution >= 0.6 is 0 Å². The Hall–Kier alpha value is -4.17. The number of hydrazine groups is 1. The molecule has 0 saturated carbocycles. The van der Waals surface area contributed by atoms with Gasteiger partial charge in [0.15, 0.2) is 6.04 Å². The van der Waals surface area contributed by atoms with Gasteiger partial charge in [0, 0.05) is 12.8 Å². The van der Waals surface area contributed by atoms with Crippen molar-refractivity contribution in [2.75, 3.05) is 7.11 Å². The summed E-state index contributed by atoms with van der Waals surface area (Å²) in [5.41, 5.74) is 6.26. The largest absolute Gasteiger partial charge is 0.480 e. The SMILES string of the molecule is CCCCc1ccc(C[C@H](NN(C(=O)OCc2ccccc2)[C@@H](Cc2ccccc2)C(=O)OC)C(=O)O)cc1. The Morgan fingerprint density at radius 1 is 0.821 bits per heavy atom. The number of aliphatic carboxylic acids is 1. The van der Waals surface area contributed by atoms with E-state index in [1.165, 1.54) is 12.7 Å². The molecule has 8 nitrogen and oxygen atoms in total. The summed E-state index contributed by atoms with van der Waals surface area (Å²) in [5, 5.41) is 11.0. The first-order valence-electron chi connectivity index (χ1n) is 13.1. The zero-order valence-corrected chi connectivity index (χ0v) is 22.4. The first-order chi connectivity index (χ1) is 18.9. The average Bonchev–Trinajstić information content (AvgIpc) is 2.97. The lowest BCUT2D eigenvalue weighted by Gasteiger charge is -2.32. The number of carbonyl (C=O) groups excluding carboxylic acids is 2. The second-order valence-electron chi connectivity index (χ2n) is 9.28. The van der Waals surface area contributed by atoms with Crippen molar-refractivity contribution >= 4 is 18.0 Å². The molecule has 0 saturated heterocycles. The summed E-state index contributed by atoms with van der Waals surface area (Å²) in [6.45, 7) is 2.08. The molecule has 0 aromatic heterocycles. The first-order valence-corrected chi connectivity index (χ1v) is 13.1. The molecule has 1 amide bonds. The quantitative estimate of drug-likeness (QED) is 0.224. The molecule has 8 heteroatoms. The van der Waals surface area contributed by atoms with Gasteiger partial charge in [-0.1, -0.05) is 98.3 Å². The fraction of sp³-hybridized carbons (Fsp3) is 0.323. The van der Waals surface area contributed by atoms with Crippen LogP contribution in [0.1, 0.15) is 42.0 Å². The summed E-state index contributed by atoms with van der Waals surface area (Å²) in [6, 6.07) is 23.6. The number of hydrogen-bond donors (Lipinski definition) is 2. The zero-order chi connectivity index (χ0) is 28.0. The van der Waals surface area contributed by atoms with Gasteiger partial charge in [-0.05, 0) is 35.1 Å². The smallest absolute Gasteiger partial charge is 0.425 e. The van der Waals surface area contributed by atoms with E-state index in [1.54, 1.807) is 12.1 Å². The maximum absolute atomic E-state index is 13.4. The van der Waals surface area contributed by atoms with Gasteiger partial charge in [0.1, 0.15) is 12.6 Å². The molecule has 0 bridgehead atoms. The number of carbonyl (C=O) groups is 3. The number of aryl methyl sites for hydroxylation is 1. The van der Waals surface area contributed by atoms with Crippen molar-refractivity contribution in [3.05, 3.63) is 107 Å². The van der Waals surface area contributed by atoms with E-state index < -0.39 is 30.1 Å². The number of nitrogens with one attached hydrogen (secondary N) is 1. The molecule has 2 atom stereocenters. The van der Waals surface area contributed by atoms with Gasteiger partial charge in [0.25, 0.3) is 0 Å². The number of rotatable bonds is 14. The van der Waals surface area contributed by atoms with Crippen molar-refractivity contribution in [2.45, 2.75) is 57.7 Å². The molecule has 2 N–H and O–H groups in total. The number of unbranched alkanes of at least 4 members (excludes halogenated alkanes) is 1. The van der Waals surface area contributed by atoms with Gasteiger partial charge in [-0.15, -0.1) is 0 Å². The van der Waals surface area contributed by atoms with Crippen LogP contribution in [0.5, 0.6) is 0 Å². The predicted molar refractivity (Wildman–Crippen MR) is 148 cm³/mol. The highest BCUT2D eigenvalue weighted by Gasteiger charge is 2.35. The monoisotopic (exact) mass is 532 g/mol. The third-order valence-electron chi connectivity index (χ3n) is 6.33. The topological polar surface area (TPSA) is 105 Å². The van der Waals surface area contributed by atoms with Crippen LogP contribution in [0.4, 0.5) is 4.79 Å². The highest BCUT2D eigenvalue weighted by Crippen LogP contribution is 2.15. The third-order valence-corrected chi connectivity index (χ3v) is 6.33. The van der Waals surface area contributed by atoms with E-state index in [4.69, 9.17) is 9.47 Å². The number of amides is 1. The highest BCUT2D eigenvalue weighted by atomic mass is 16.6. The van der Waals surface area contributed by atoms with Gasteiger partial charge in [-0.25, -0.2) is 20.0 Å². The van der Waals surface area contributed by atoms with Gasteiger partial charge in [0.05, 0.1) is 7.11 Å². The number of hydrogen-bond acceptors (Lipinski definition) is 6. The van der Waals surface area contributed by atoms with Crippen molar-refractivity contribution < 1.29 is 29.0 Å². The van der Waals surface area contributed by atoms with Crippen LogP contribution in [-0.4, -0.2) is 47.3 Å². The fourth-order valence-corrected chi connectivity index (χ4v) is 4.13. The molecule has 206 valence electrons. The normalized spacial score (nSPS) is 12.3. The summed E-state index contributed by atoms with van der Waals surface area (Å²) < 4.78 is 10.5. The molecule has 39 heavy (non-hydrogen) atoms. The minimum absolute atomic E-state index is 0.0476. The van der Waals surface area contributed by atoms with Crippen LogP contribution in [0.2, 0.25) is 0 Å². The molecule has 3 aromatic carbocycles. The summed E-state index contributed by atoms with van der Waals surface area (Å²) in [5.74, 6) is -1.87. The molecule has 0 aliphatic heterocycles. The molecule has 0 aliphatic carbocycles. The number of benzene rings is 3. The molecule has 0 spiro atoms. The lowest BCUT2D eigenvalue weighted by atomic mass is 10.0. The maximum Gasteiger partial charge on any atom is 0.425 e. The first kappa shape index (κ1) is 29.4. The summed E-state index contributed by atoms with van der Waals surface area (Å²) in [7, 11) is 1.22. The lowest BCUT2D eigenvalue weighted by molar-refractivity contribution is -0.150. The molecule has 0 aliphatic rings. The maximum atomic E-state index is 13.4. The summed E-state index contributed by atoms with van der Waals surface area (Å²) >= 11 is 0. The van der Waals surface area contributed by atoms with E-state index in [1.807, 2.05) is 72.8 Å². The zero-order valence-electron chi connectivity index (χ0n) is 22.4. The van der Waals surface area contributed by atoms with E-state index in [2.05, 4.69) is 12.3 Å². The van der Waals surface area contributed by atoms with E-state index in [-0.39, 0.29) is 19.4 Å². The number of esters is 1. The molecule has 3 rings (SSSR count). The molecule has 0 unspecified atom stereocenters. The van der Waals surface area contributed by atoms with Crippen molar-refractivity contribution in [1.29, 1.82) is 0 Å². The van der Waals surface area contributed by atoms with Gasteiger partial charge in [-0.2, -0.15) is 0 Å². The fourth-order valence-electron chi connectivity index (χ4n) is 4.13. The summed E-state index contributed by atoms with van der Waals surface area (Å²) in [4.78, 5) is 38.6. The Kier molecular flexibility index (Phi) is 11.5. The van der Waals surface area contributed by atoms with Crippen molar-refractivity contribution in [3.63, 3.8) is 0 Å². The Morgan fingerprint density at radius 2 is 1.38 bits per heavy atom. The Bertz CT molecular complexity index is 1180. The number of methoxy groups -OCH3 is 1. The second-order valence-corrected chi connectivity index (χ2v) is 9.28. The number of nitrogens with zero attached hydrogens (tertiary/aromatic N) is 1. The molecule has 0 heterocycles. The third kappa shape index (κ3) is 9.26. The summed E-state index contributed by atoms with van der Waals surface area (Å²) in [6.07, 6.45) is 2.43. The van der Waals surface area contributed by atoms with Crippen molar-refractivity contribution in [2.24, 2.45) is 0 Å². The molecular formula is C31H36N2O6. The second kappa shape index (κ2) is 15.3. The van der Waals surface area contributed by atoms with Gasteiger partial charge >= 0.3 is 18.0 Å². The molecule has 3 aromatic rings. The van der Waals surface area contributed by atoms with Gasteiger partial charge in [0.2, 0.25) is 0 Å². The number of carboxylic acid groups (broad SMARTS) is 1. The minimum Gasteiger partial charge on any atom is -0.480 e. The van der Waals surface area contributed by atoms with E-state index >= 15 is 0 Å². The molecule has 0 radical (unpaired) electrons. The minimum atomic E-state index is -1.21. The van der Waals surface area contributed by atoms with Crippen LogP contribution < -0.4 is 5.43 Å². The van der Waals surface area contributed by atoms with Crippen molar-refractivity contribution in [1.82, 2.24) is 10.4 Å². The van der Waals surface area contributed by atoms with Crippen LogP contribution in [0.15, 0.2) is 84.9 Å². The highest BCUT2D eigenvalue weighted by molar-refractivity contribution is 5.82.